The Kier molecular flexibility index (Phi) is 6.46. The molecule has 3 nitrogen and oxygen atoms in total. The van der Waals surface area contributed by atoms with E-state index >= 15 is 0 Å². The van der Waals surface area contributed by atoms with Crippen molar-refractivity contribution < 1.29 is 13.9 Å². The number of hydrogen-bond donors (Lipinski definition) is 1. The van der Waals surface area contributed by atoms with E-state index in [9.17, 15) is 4.39 Å². The summed E-state index contributed by atoms with van der Waals surface area (Å²) >= 11 is 0. The summed E-state index contributed by atoms with van der Waals surface area (Å²) in [6.45, 7) is 0.955. The molecule has 2 aromatic rings. The third kappa shape index (κ3) is 4.00. The lowest BCUT2D eigenvalue weighted by Crippen LogP contribution is -2.30. The normalized spacial score (nSPS) is 16.0. The summed E-state index contributed by atoms with van der Waals surface area (Å²) in [5.41, 5.74) is 3.74. The van der Waals surface area contributed by atoms with Gasteiger partial charge in [0.15, 0.2) is 11.5 Å². The van der Waals surface area contributed by atoms with Gasteiger partial charge >= 0.3 is 0 Å². The van der Waals surface area contributed by atoms with Gasteiger partial charge in [-0.25, -0.2) is 4.39 Å². The maximum Gasteiger partial charge on any atom is 0.161 e. The second-order valence-corrected chi connectivity index (χ2v) is 5.83. The first-order chi connectivity index (χ1) is 11.2. The van der Waals surface area contributed by atoms with Gasteiger partial charge in [0.2, 0.25) is 0 Å². The molecule has 1 unspecified atom stereocenters. The Morgan fingerprint density at radius 1 is 1.08 bits per heavy atom. The molecule has 0 spiro atoms. The average molecular weight is 352 g/mol. The molecule has 1 aliphatic rings. The Bertz CT molecular complexity index is 676. The van der Waals surface area contributed by atoms with Gasteiger partial charge in [0.1, 0.15) is 5.82 Å². The van der Waals surface area contributed by atoms with E-state index < -0.39 is 0 Å². The highest BCUT2D eigenvalue weighted by Gasteiger charge is 2.22. The second-order valence-electron chi connectivity index (χ2n) is 5.83. The number of hydrogen-bond acceptors (Lipinski definition) is 3. The maximum absolute atomic E-state index is 13.0. The highest BCUT2D eigenvalue weighted by atomic mass is 35.5. The number of rotatable bonds is 5. The minimum absolute atomic E-state index is 0. The number of aryl methyl sites for hydroxylation is 1. The van der Waals surface area contributed by atoms with Crippen LogP contribution in [0.4, 0.5) is 4.39 Å². The summed E-state index contributed by atoms with van der Waals surface area (Å²) in [6.07, 6.45) is 2.86. The van der Waals surface area contributed by atoms with Crippen molar-refractivity contribution in [2.24, 2.45) is 0 Å². The quantitative estimate of drug-likeness (QED) is 0.880. The van der Waals surface area contributed by atoms with Crippen LogP contribution in [-0.4, -0.2) is 20.8 Å². The predicted octanol–water partition coefficient (Wildman–Crippen LogP) is 4.08. The van der Waals surface area contributed by atoms with Gasteiger partial charge in [-0.3, -0.25) is 0 Å². The Morgan fingerprint density at radius 2 is 1.75 bits per heavy atom. The second kappa shape index (κ2) is 8.36. The minimum atomic E-state index is -0.188. The van der Waals surface area contributed by atoms with Gasteiger partial charge in [-0.2, -0.15) is 0 Å². The fourth-order valence-electron chi connectivity index (χ4n) is 3.19. The largest absolute Gasteiger partial charge is 0.493 e. The molecular weight excluding hydrogens is 329 g/mol. The van der Waals surface area contributed by atoms with Crippen LogP contribution in [0.15, 0.2) is 36.4 Å². The Hall–Kier alpha value is -1.78. The first-order valence-corrected chi connectivity index (χ1v) is 7.94. The standard InChI is InChI=1S/C19H22FNO2.ClH/c1-22-18-11-14-9-10-21-17(16(14)12-19(18)23-2)8-5-13-3-6-15(20)7-4-13;/h3-4,6-7,11-12,17,21H,5,8-10H2,1-2H3;1H. The van der Waals surface area contributed by atoms with E-state index in [0.29, 0.717) is 0 Å². The van der Waals surface area contributed by atoms with E-state index in [4.69, 9.17) is 9.47 Å². The first kappa shape index (κ1) is 18.6. The van der Waals surface area contributed by atoms with E-state index in [2.05, 4.69) is 17.4 Å². The molecule has 0 bridgehead atoms. The molecule has 0 saturated carbocycles. The smallest absolute Gasteiger partial charge is 0.161 e. The molecule has 0 aliphatic carbocycles. The molecule has 1 aliphatic heterocycles. The molecule has 0 saturated heterocycles. The SMILES string of the molecule is COc1cc2c(cc1OC)C(CCc1ccc(F)cc1)NCC2.Cl. The summed E-state index contributed by atoms with van der Waals surface area (Å²) in [6, 6.07) is 11.2. The molecule has 1 N–H and O–H groups in total. The molecule has 1 heterocycles. The van der Waals surface area contributed by atoms with Gasteiger partial charge in [-0.15, -0.1) is 12.4 Å². The van der Waals surface area contributed by atoms with Crippen LogP contribution in [-0.2, 0) is 12.8 Å². The predicted molar refractivity (Wildman–Crippen MR) is 96.0 cm³/mol. The highest BCUT2D eigenvalue weighted by molar-refractivity contribution is 5.85. The van der Waals surface area contributed by atoms with Crippen LogP contribution in [0.25, 0.3) is 0 Å². The molecular formula is C19H23ClFNO2. The van der Waals surface area contributed by atoms with E-state index in [1.54, 1.807) is 14.2 Å². The van der Waals surface area contributed by atoms with Crippen molar-refractivity contribution >= 4 is 12.4 Å². The number of nitrogens with one attached hydrogen (secondary N) is 1. The molecule has 1 atom stereocenters. The number of halogens is 2. The van der Waals surface area contributed by atoms with Crippen LogP contribution >= 0.6 is 12.4 Å². The van der Waals surface area contributed by atoms with E-state index in [1.165, 1.54) is 23.3 Å². The molecule has 3 rings (SSSR count). The average Bonchev–Trinajstić information content (AvgIpc) is 2.60. The van der Waals surface area contributed by atoms with Gasteiger partial charge in [-0.1, -0.05) is 12.1 Å². The van der Waals surface area contributed by atoms with E-state index in [-0.39, 0.29) is 24.3 Å². The fraction of sp³-hybridized carbons (Fsp3) is 0.368. The van der Waals surface area contributed by atoms with Crippen LogP contribution in [0.2, 0.25) is 0 Å². The molecule has 130 valence electrons. The summed E-state index contributed by atoms with van der Waals surface area (Å²) in [7, 11) is 3.32. The van der Waals surface area contributed by atoms with Gasteiger partial charge < -0.3 is 14.8 Å². The summed E-state index contributed by atoms with van der Waals surface area (Å²) < 4.78 is 23.8. The summed E-state index contributed by atoms with van der Waals surface area (Å²) in [5, 5.41) is 3.58. The van der Waals surface area contributed by atoms with Crippen LogP contribution < -0.4 is 14.8 Å². The van der Waals surface area contributed by atoms with E-state index in [1.807, 2.05) is 12.1 Å². The Morgan fingerprint density at radius 3 is 2.42 bits per heavy atom. The zero-order chi connectivity index (χ0) is 16.2. The molecule has 0 aromatic heterocycles. The zero-order valence-corrected chi connectivity index (χ0v) is 14.8. The van der Waals surface area contributed by atoms with Crippen molar-refractivity contribution in [2.75, 3.05) is 20.8 Å². The van der Waals surface area contributed by atoms with Crippen molar-refractivity contribution in [3.05, 3.63) is 58.9 Å². The van der Waals surface area contributed by atoms with Crippen LogP contribution in [0.3, 0.4) is 0 Å². The third-order valence-corrected chi connectivity index (χ3v) is 4.44. The van der Waals surface area contributed by atoms with Gasteiger partial charge in [0.25, 0.3) is 0 Å². The Labute approximate surface area is 148 Å². The highest BCUT2D eigenvalue weighted by Crippen LogP contribution is 2.36. The first-order valence-electron chi connectivity index (χ1n) is 7.94. The molecule has 0 radical (unpaired) electrons. The van der Waals surface area contributed by atoms with Crippen LogP contribution in [0.5, 0.6) is 11.5 Å². The minimum Gasteiger partial charge on any atom is -0.493 e. The monoisotopic (exact) mass is 351 g/mol. The van der Waals surface area contributed by atoms with Gasteiger partial charge in [0.05, 0.1) is 14.2 Å². The Balaban J connectivity index is 0.00000208. The number of methoxy groups -OCH3 is 2. The van der Waals surface area contributed by atoms with Crippen LogP contribution in [0, 0.1) is 5.82 Å². The molecule has 2 aromatic carbocycles. The molecule has 5 heteroatoms. The molecule has 0 fully saturated rings. The molecule has 24 heavy (non-hydrogen) atoms. The lowest BCUT2D eigenvalue weighted by molar-refractivity contribution is 0.351. The maximum atomic E-state index is 13.0. The fourth-order valence-corrected chi connectivity index (χ4v) is 3.19. The van der Waals surface area contributed by atoms with Crippen molar-refractivity contribution in [1.29, 1.82) is 0 Å². The van der Waals surface area contributed by atoms with Gasteiger partial charge in [0, 0.05) is 6.04 Å². The molecule has 0 amide bonds. The lowest BCUT2D eigenvalue weighted by Gasteiger charge is -2.28. The third-order valence-electron chi connectivity index (χ3n) is 4.44. The summed E-state index contributed by atoms with van der Waals surface area (Å²) in [4.78, 5) is 0. The van der Waals surface area contributed by atoms with Crippen molar-refractivity contribution in [1.82, 2.24) is 5.32 Å². The topological polar surface area (TPSA) is 30.5 Å². The zero-order valence-electron chi connectivity index (χ0n) is 14.0. The van der Waals surface area contributed by atoms with Crippen molar-refractivity contribution in [2.45, 2.75) is 25.3 Å². The number of benzene rings is 2. The van der Waals surface area contributed by atoms with Gasteiger partial charge in [-0.05, 0) is 66.8 Å². The van der Waals surface area contributed by atoms with E-state index in [0.717, 1.165) is 42.9 Å². The number of ether oxygens (including phenoxy) is 2. The number of fused-ring (bicyclic) bond motifs is 1. The van der Waals surface area contributed by atoms with Crippen molar-refractivity contribution in [3.8, 4) is 11.5 Å². The van der Waals surface area contributed by atoms with Crippen LogP contribution in [0.1, 0.15) is 29.2 Å². The lowest BCUT2D eigenvalue weighted by atomic mass is 9.90. The van der Waals surface area contributed by atoms with Crippen molar-refractivity contribution in [3.63, 3.8) is 0 Å². The summed E-state index contributed by atoms with van der Waals surface area (Å²) in [5.74, 6) is 1.36.